The first-order chi connectivity index (χ1) is 13.2. The number of thiophene rings is 1. The predicted molar refractivity (Wildman–Crippen MR) is 113 cm³/mol. The zero-order valence-electron chi connectivity index (χ0n) is 15.6. The highest BCUT2D eigenvalue weighted by molar-refractivity contribution is 7.10. The lowest BCUT2D eigenvalue weighted by Crippen LogP contribution is -2.23. The first-order valence-electron chi connectivity index (χ1n) is 9.37. The Hall–Kier alpha value is -2.70. The monoisotopic (exact) mass is 370 g/mol. The van der Waals surface area contributed by atoms with E-state index in [1.807, 2.05) is 53.9 Å². The summed E-state index contributed by atoms with van der Waals surface area (Å²) in [6, 6.07) is 16.3. The summed E-state index contributed by atoms with van der Waals surface area (Å²) in [7, 11) is 0. The largest absolute Gasteiger partial charge is 0.256 e. The maximum Gasteiger partial charge on any atom is 0.0998 e. The predicted octanol–water partition coefficient (Wildman–Crippen LogP) is 6.31. The van der Waals surface area contributed by atoms with E-state index < -0.39 is 0 Å². The number of aromatic nitrogens is 1. The maximum absolute atomic E-state index is 9.29. The molecule has 1 aliphatic rings. The van der Waals surface area contributed by atoms with Crippen molar-refractivity contribution in [1.82, 2.24) is 4.98 Å². The van der Waals surface area contributed by atoms with E-state index in [0.717, 1.165) is 16.8 Å². The van der Waals surface area contributed by atoms with E-state index in [1.165, 1.54) is 16.9 Å². The van der Waals surface area contributed by atoms with E-state index in [4.69, 9.17) is 0 Å². The van der Waals surface area contributed by atoms with Gasteiger partial charge in [0.15, 0.2) is 0 Å². The lowest BCUT2D eigenvalue weighted by molar-refractivity contribution is 0.336. The van der Waals surface area contributed by atoms with Gasteiger partial charge in [-0.2, -0.15) is 5.26 Å². The van der Waals surface area contributed by atoms with Crippen LogP contribution in [0.5, 0.6) is 0 Å². The van der Waals surface area contributed by atoms with Crippen LogP contribution in [0, 0.1) is 23.2 Å². The van der Waals surface area contributed by atoms with Crippen LogP contribution in [0.3, 0.4) is 0 Å². The van der Waals surface area contributed by atoms with Crippen molar-refractivity contribution in [3.05, 3.63) is 81.8 Å². The first-order valence-corrected chi connectivity index (χ1v) is 10.3. The summed E-state index contributed by atoms with van der Waals surface area (Å²) in [4.78, 5) is 6.12. The Morgan fingerprint density at radius 3 is 2.78 bits per heavy atom. The van der Waals surface area contributed by atoms with Crippen molar-refractivity contribution in [1.29, 1.82) is 5.26 Å². The van der Waals surface area contributed by atoms with Crippen LogP contribution in [-0.2, 0) is 6.42 Å². The molecule has 4 rings (SSSR count). The molecule has 3 atom stereocenters. The van der Waals surface area contributed by atoms with Crippen LogP contribution in [0.1, 0.15) is 41.5 Å². The molecule has 2 aromatic heterocycles. The fourth-order valence-corrected chi connectivity index (χ4v) is 5.03. The molecule has 0 radical (unpaired) electrons. The van der Waals surface area contributed by atoms with Crippen LogP contribution < -0.4 is 0 Å². The Labute approximate surface area is 164 Å². The molecule has 27 heavy (non-hydrogen) atoms. The number of rotatable bonds is 3. The highest BCUT2D eigenvalue weighted by Crippen LogP contribution is 2.43. The van der Waals surface area contributed by atoms with Gasteiger partial charge in [-0.25, -0.2) is 0 Å². The first kappa shape index (κ1) is 17.7. The molecule has 134 valence electrons. The van der Waals surface area contributed by atoms with Gasteiger partial charge in [0.05, 0.1) is 17.3 Å². The van der Waals surface area contributed by atoms with Crippen molar-refractivity contribution >= 4 is 17.4 Å². The SMILES string of the molecule is CC1Cc2ccsc2C(C=Cc2ccc(-c3ccccc3C#N)cn2)C1C. The van der Waals surface area contributed by atoms with Gasteiger partial charge in [0.1, 0.15) is 0 Å². The second-order valence-corrected chi connectivity index (χ2v) is 8.31. The lowest BCUT2D eigenvalue weighted by atomic mass is 9.74. The minimum absolute atomic E-state index is 0.463. The molecular formula is C24H22N2S. The van der Waals surface area contributed by atoms with Gasteiger partial charge in [-0.05, 0) is 53.5 Å². The maximum atomic E-state index is 9.29. The van der Waals surface area contributed by atoms with Crippen molar-refractivity contribution in [2.45, 2.75) is 26.2 Å². The molecule has 2 nitrogen and oxygen atoms in total. The molecule has 3 aromatic rings. The third-order valence-corrected chi connectivity index (χ3v) is 6.77. The number of pyridine rings is 1. The van der Waals surface area contributed by atoms with Gasteiger partial charge in [0.2, 0.25) is 0 Å². The summed E-state index contributed by atoms with van der Waals surface area (Å²) in [6.07, 6.45) is 7.51. The molecule has 2 heterocycles. The third kappa shape index (κ3) is 3.46. The van der Waals surface area contributed by atoms with Crippen LogP contribution in [0.15, 0.2) is 60.1 Å². The number of fused-ring (bicyclic) bond motifs is 1. The highest BCUT2D eigenvalue weighted by atomic mass is 32.1. The Bertz CT molecular complexity index is 1010. The average Bonchev–Trinajstić information content (AvgIpc) is 3.16. The Morgan fingerprint density at radius 1 is 1.15 bits per heavy atom. The van der Waals surface area contributed by atoms with Crippen molar-refractivity contribution in [2.75, 3.05) is 0 Å². The standard InChI is InChI=1S/C24H22N2S/c1-16-13-18-11-12-27-24(18)22(17(16)2)10-9-21-8-7-20(15-26-21)23-6-4-3-5-19(23)14-25/h3-12,15-17,22H,13H2,1-2H3. The van der Waals surface area contributed by atoms with Gasteiger partial charge in [-0.1, -0.05) is 44.2 Å². The zero-order chi connectivity index (χ0) is 18.8. The molecule has 3 heteroatoms. The Morgan fingerprint density at radius 2 is 2.00 bits per heavy atom. The fourth-order valence-electron chi connectivity index (χ4n) is 3.89. The summed E-state index contributed by atoms with van der Waals surface area (Å²) in [6.45, 7) is 4.71. The van der Waals surface area contributed by atoms with E-state index in [2.05, 4.69) is 48.5 Å². The number of hydrogen-bond donors (Lipinski definition) is 0. The lowest BCUT2D eigenvalue weighted by Gasteiger charge is -2.32. The molecular weight excluding hydrogens is 348 g/mol. The summed E-state index contributed by atoms with van der Waals surface area (Å²) in [5.41, 5.74) is 5.05. The molecule has 3 unspecified atom stereocenters. The molecule has 0 fully saturated rings. The van der Waals surface area contributed by atoms with Gasteiger partial charge in [0.25, 0.3) is 0 Å². The number of hydrogen-bond acceptors (Lipinski definition) is 3. The number of benzene rings is 1. The molecule has 0 N–H and O–H groups in total. The summed E-state index contributed by atoms with van der Waals surface area (Å²) >= 11 is 1.88. The topological polar surface area (TPSA) is 36.7 Å². The quantitative estimate of drug-likeness (QED) is 0.542. The highest BCUT2D eigenvalue weighted by Gasteiger charge is 2.30. The second kappa shape index (κ2) is 7.50. The van der Waals surface area contributed by atoms with Crippen LogP contribution in [0.25, 0.3) is 17.2 Å². The number of allylic oxidation sites excluding steroid dienone is 1. The molecule has 1 aromatic carbocycles. The molecule has 0 aliphatic heterocycles. The Kier molecular flexibility index (Phi) is 4.92. The zero-order valence-corrected chi connectivity index (χ0v) is 16.4. The summed E-state index contributed by atoms with van der Waals surface area (Å²) in [5.74, 6) is 1.79. The van der Waals surface area contributed by atoms with Crippen molar-refractivity contribution < 1.29 is 0 Å². The van der Waals surface area contributed by atoms with Crippen LogP contribution in [0.4, 0.5) is 0 Å². The normalized spacial score (nSPS) is 21.7. The molecule has 0 amide bonds. The molecule has 1 aliphatic carbocycles. The molecule has 0 bridgehead atoms. The average molecular weight is 371 g/mol. The van der Waals surface area contributed by atoms with E-state index in [-0.39, 0.29) is 0 Å². The Balaban J connectivity index is 1.58. The van der Waals surface area contributed by atoms with Crippen molar-refractivity contribution in [3.63, 3.8) is 0 Å². The van der Waals surface area contributed by atoms with E-state index >= 15 is 0 Å². The van der Waals surface area contributed by atoms with Crippen LogP contribution in [0.2, 0.25) is 0 Å². The molecule has 0 spiro atoms. The van der Waals surface area contributed by atoms with Crippen molar-refractivity contribution in [2.24, 2.45) is 11.8 Å². The second-order valence-electron chi connectivity index (χ2n) is 7.36. The van der Waals surface area contributed by atoms with Gasteiger partial charge >= 0.3 is 0 Å². The van der Waals surface area contributed by atoms with Crippen molar-refractivity contribution in [3.8, 4) is 17.2 Å². The minimum Gasteiger partial charge on any atom is -0.256 e. The minimum atomic E-state index is 0.463. The van der Waals surface area contributed by atoms with Gasteiger partial charge in [0, 0.05) is 28.1 Å². The smallest absolute Gasteiger partial charge is 0.0998 e. The van der Waals surface area contributed by atoms with Gasteiger partial charge in [-0.15, -0.1) is 11.3 Å². The van der Waals surface area contributed by atoms with E-state index in [1.54, 1.807) is 0 Å². The van der Waals surface area contributed by atoms with Gasteiger partial charge < -0.3 is 0 Å². The summed E-state index contributed by atoms with van der Waals surface area (Å²) < 4.78 is 0. The molecule has 0 saturated carbocycles. The van der Waals surface area contributed by atoms with Crippen LogP contribution >= 0.6 is 11.3 Å². The third-order valence-electron chi connectivity index (χ3n) is 5.71. The van der Waals surface area contributed by atoms with Crippen LogP contribution in [-0.4, -0.2) is 4.98 Å². The summed E-state index contributed by atoms with van der Waals surface area (Å²) in [5, 5.41) is 11.5. The van der Waals surface area contributed by atoms with E-state index in [9.17, 15) is 5.26 Å². The van der Waals surface area contributed by atoms with E-state index in [0.29, 0.717) is 23.3 Å². The fraction of sp³-hybridized carbons (Fsp3) is 0.250. The number of nitrogens with zero attached hydrogens (tertiary/aromatic N) is 2. The van der Waals surface area contributed by atoms with Gasteiger partial charge in [-0.3, -0.25) is 4.98 Å². The molecule has 0 saturated heterocycles. The number of nitriles is 1.